The normalized spacial score (nSPS) is 10.7. The summed E-state index contributed by atoms with van der Waals surface area (Å²) in [4.78, 5) is 16.9. The van der Waals surface area contributed by atoms with E-state index < -0.39 is 0 Å². The lowest BCUT2D eigenvalue weighted by Gasteiger charge is -2.11. The second-order valence-electron chi connectivity index (χ2n) is 6.16. The van der Waals surface area contributed by atoms with Gasteiger partial charge >= 0.3 is 0 Å². The first-order valence-corrected chi connectivity index (χ1v) is 8.60. The molecule has 0 aliphatic rings. The standard InChI is InChI=1S/C21H18N4O2/c1-15-22-11-12-25(15)14-17-9-5-6-10-18(17)23-21(26)20-13-19(24-27-20)16-7-3-2-4-8-16/h2-13H,14H2,1H3,(H,23,26). The maximum Gasteiger partial charge on any atom is 0.294 e. The Hall–Kier alpha value is -3.67. The Kier molecular flexibility index (Phi) is 4.53. The van der Waals surface area contributed by atoms with Gasteiger partial charge in [-0.05, 0) is 18.6 Å². The molecule has 0 bridgehead atoms. The van der Waals surface area contributed by atoms with Gasteiger partial charge in [0, 0.05) is 29.7 Å². The van der Waals surface area contributed by atoms with Crippen LogP contribution in [0, 0.1) is 6.92 Å². The van der Waals surface area contributed by atoms with Crippen LogP contribution < -0.4 is 5.32 Å². The van der Waals surface area contributed by atoms with Gasteiger partial charge in [0.05, 0.1) is 6.54 Å². The van der Waals surface area contributed by atoms with Gasteiger partial charge in [-0.3, -0.25) is 4.79 Å². The Bertz CT molecular complexity index is 1070. The third kappa shape index (κ3) is 3.64. The summed E-state index contributed by atoms with van der Waals surface area (Å²) in [5.74, 6) is 0.751. The number of nitrogens with zero attached hydrogens (tertiary/aromatic N) is 3. The van der Waals surface area contributed by atoms with Gasteiger partial charge in [0.1, 0.15) is 11.5 Å². The lowest BCUT2D eigenvalue weighted by atomic mass is 10.1. The number of benzene rings is 2. The highest BCUT2D eigenvalue weighted by atomic mass is 16.5. The molecule has 0 unspecified atom stereocenters. The number of carbonyl (C=O) groups excluding carboxylic acids is 1. The van der Waals surface area contributed by atoms with Crippen LogP contribution in [0.2, 0.25) is 0 Å². The molecular formula is C21H18N4O2. The monoisotopic (exact) mass is 358 g/mol. The molecule has 6 heteroatoms. The molecule has 0 saturated carbocycles. The van der Waals surface area contributed by atoms with Crippen LogP contribution in [0.4, 0.5) is 5.69 Å². The van der Waals surface area contributed by atoms with Crippen molar-refractivity contribution >= 4 is 11.6 Å². The highest BCUT2D eigenvalue weighted by Gasteiger charge is 2.16. The Morgan fingerprint density at radius 2 is 1.89 bits per heavy atom. The first-order valence-electron chi connectivity index (χ1n) is 8.60. The van der Waals surface area contributed by atoms with Crippen LogP contribution in [-0.2, 0) is 6.54 Å². The van der Waals surface area contributed by atoms with Crippen molar-refractivity contribution in [2.24, 2.45) is 0 Å². The molecular weight excluding hydrogens is 340 g/mol. The Labute approximate surface area is 156 Å². The van der Waals surface area contributed by atoms with Gasteiger partial charge in [0.2, 0.25) is 5.76 Å². The number of carbonyl (C=O) groups is 1. The maximum atomic E-state index is 12.6. The van der Waals surface area contributed by atoms with Gasteiger partial charge in [0.25, 0.3) is 5.91 Å². The molecule has 0 aliphatic heterocycles. The largest absolute Gasteiger partial charge is 0.350 e. The van der Waals surface area contributed by atoms with Gasteiger partial charge in [-0.1, -0.05) is 53.7 Å². The van der Waals surface area contributed by atoms with E-state index >= 15 is 0 Å². The zero-order chi connectivity index (χ0) is 18.6. The molecule has 0 atom stereocenters. The van der Waals surface area contributed by atoms with Gasteiger partial charge in [-0.15, -0.1) is 0 Å². The number of hydrogen-bond donors (Lipinski definition) is 1. The highest BCUT2D eigenvalue weighted by Crippen LogP contribution is 2.21. The number of para-hydroxylation sites is 1. The fourth-order valence-electron chi connectivity index (χ4n) is 2.85. The SMILES string of the molecule is Cc1nccn1Cc1ccccc1NC(=O)c1cc(-c2ccccc2)no1. The summed E-state index contributed by atoms with van der Waals surface area (Å²) in [6.07, 6.45) is 3.67. The lowest BCUT2D eigenvalue weighted by molar-refractivity contribution is 0.0988. The van der Waals surface area contributed by atoms with Crippen molar-refractivity contribution in [2.45, 2.75) is 13.5 Å². The Morgan fingerprint density at radius 1 is 1.11 bits per heavy atom. The molecule has 2 heterocycles. The molecule has 4 aromatic rings. The molecule has 4 rings (SSSR count). The minimum Gasteiger partial charge on any atom is -0.350 e. The van der Waals surface area contributed by atoms with E-state index in [4.69, 9.17) is 4.52 Å². The number of anilines is 1. The molecule has 0 fully saturated rings. The second kappa shape index (κ2) is 7.29. The van der Waals surface area contributed by atoms with Crippen LogP contribution in [0.25, 0.3) is 11.3 Å². The minimum atomic E-state index is -0.334. The summed E-state index contributed by atoms with van der Waals surface area (Å²) < 4.78 is 7.26. The molecule has 0 radical (unpaired) electrons. The van der Waals surface area contributed by atoms with Gasteiger partial charge in [-0.2, -0.15) is 0 Å². The van der Waals surface area contributed by atoms with Gasteiger partial charge in [-0.25, -0.2) is 4.98 Å². The van der Waals surface area contributed by atoms with Crippen molar-refractivity contribution in [3.8, 4) is 11.3 Å². The van der Waals surface area contributed by atoms with E-state index in [1.165, 1.54) is 0 Å². The van der Waals surface area contributed by atoms with Crippen LogP contribution in [0.15, 0.2) is 77.6 Å². The molecule has 1 N–H and O–H groups in total. The Balaban J connectivity index is 1.54. The second-order valence-corrected chi connectivity index (χ2v) is 6.16. The van der Waals surface area contributed by atoms with E-state index in [9.17, 15) is 4.79 Å². The summed E-state index contributed by atoms with van der Waals surface area (Å²) in [7, 11) is 0. The average Bonchev–Trinajstić information content (AvgIpc) is 3.34. The average molecular weight is 358 g/mol. The summed E-state index contributed by atoms with van der Waals surface area (Å²) >= 11 is 0. The van der Waals surface area contributed by atoms with E-state index in [0.29, 0.717) is 12.2 Å². The van der Waals surface area contributed by atoms with Crippen molar-refractivity contribution in [1.29, 1.82) is 0 Å². The predicted octanol–water partition coefficient (Wildman–Crippen LogP) is 4.15. The van der Waals surface area contributed by atoms with E-state index in [1.807, 2.05) is 72.3 Å². The number of rotatable bonds is 5. The number of aromatic nitrogens is 3. The molecule has 0 spiro atoms. The van der Waals surface area contributed by atoms with E-state index in [1.54, 1.807) is 12.3 Å². The smallest absolute Gasteiger partial charge is 0.294 e. The van der Waals surface area contributed by atoms with Crippen molar-refractivity contribution in [3.05, 3.63) is 90.2 Å². The fraction of sp³-hybridized carbons (Fsp3) is 0.0952. The van der Waals surface area contributed by atoms with E-state index in [-0.39, 0.29) is 11.7 Å². The van der Waals surface area contributed by atoms with Crippen LogP contribution in [0.5, 0.6) is 0 Å². The topological polar surface area (TPSA) is 73.0 Å². The molecule has 2 aromatic carbocycles. The van der Waals surface area contributed by atoms with Crippen LogP contribution in [0.3, 0.4) is 0 Å². The lowest BCUT2D eigenvalue weighted by Crippen LogP contribution is -2.13. The molecule has 134 valence electrons. The number of aryl methyl sites for hydroxylation is 1. The zero-order valence-electron chi connectivity index (χ0n) is 14.8. The summed E-state index contributed by atoms with van der Waals surface area (Å²) in [5.41, 5.74) is 3.24. The summed E-state index contributed by atoms with van der Waals surface area (Å²) in [6, 6.07) is 18.9. The minimum absolute atomic E-state index is 0.169. The third-order valence-corrected chi connectivity index (χ3v) is 4.33. The highest BCUT2D eigenvalue weighted by molar-refractivity contribution is 6.03. The van der Waals surface area contributed by atoms with E-state index in [0.717, 1.165) is 22.6 Å². The Morgan fingerprint density at radius 3 is 2.67 bits per heavy atom. The molecule has 2 aromatic heterocycles. The molecule has 0 saturated heterocycles. The van der Waals surface area contributed by atoms with Crippen LogP contribution in [-0.4, -0.2) is 20.6 Å². The van der Waals surface area contributed by atoms with Crippen LogP contribution in [0.1, 0.15) is 21.9 Å². The van der Waals surface area contributed by atoms with Crippen molar-refractivity contribution in [2.75, 3.05) is 5.32 Å². The summed E-state index contributed by atoms with van der Waals surface area (Å²) in [6.45, 7) is 2.56. The van der Waals surface area contributed by atoms with Crippen LogP contribution >= 0.6 is 0 Å². The van der Waals surface area contributed by atoms with Crippen molar-refractivity contribution < 1.29 is 9.32 Å². The first-order chi connectivity index (χ1) is 13.2. The predicted molar refractivity (Wildman–Crippen MR) is 102 cm³/mol. The van der Waals surface area contributed by atoms with Crippen molar-refractivity contribution in [3.63, 3.8) is 0 Å². The quantitative estimate of drug-likeness (QED) is 0.582. The number of amides is 1. The fourth-order valence-corrected chi connectivity index (χ4v) is 2.85. The van der Waals surface area contributed by atoms with Crippen molar-refractivity contribution in [1.82, 2.24) is 14.7 Å². The summed E-state index contributed by atoms with van der Waals surface area (Å²) in [5, 5.41) is 6.91. The number of imidazole rings is 1. The zero-order valence-corrected chi connectivity index (χ0v) is 14.8. The molecule has 27 heavy (non-hydrogen) atoms. The maximum absolute atomic E-state index is 12.6. The molecule has 0 aliphatic carbocycles. The number of hydrogen-bond acceptors (Lipinski definition) is 4. The number of nitrogens with one attached hydrogen (secondary N) is 1. The van der Waals surface area contributed by atoms with E-state index in [2.05, 4.69) is 15.5 Å². The first kappa shape index (κ1) is 16.8. The van der Waals surface area contributed by atoms with Gasteiger partial charge < -0.3 is 14.4 Å². The molecule has 1 amide bonds. The van der Waals surface area contributed by atoms with Gasteiger partial charge in [0.15, 0.2) is 0 Å². The third-order valence-electron chi connectivity index (χ3n) is 4.33. The molecule has 6 nitrogen and oxygen atoms in total.